The third-order valence-corrected chi connectivity index (χ3v) is 5.63. The van der Waals surface area contributed by atoms with Crippen molar-refractivity contribution in [1.82, 2.24) is 9.80 Å². The predicted molar refractivity (Wildman–Crippen MR) is 104 cm³/mol. The number of hydrogen-bond acceptors (Lipinski definition) is 2. The second kappa shape index (κ2) is 6.72. The molecule has 0 N–H and O–H groups in total. The highest BCUT2D eigenvalue weighted by atomic mass is 79.9. The van der Waals surface area contributed by atoms with E-state index in [9.17, 15) is 9.59 Å². The summed E-state index contributed by atoms with van der Waals surface area (Å²) in [5.41, 5.74) is 3.17. The van der Waals surface area contributed by atoms with Crippen LogP contribution in [0, 0.1) is 0 Å². The van der Waals surface area contributed by atoms with Gasteiger partial charge in [-0.15, -0.1) is 0 Å². The van der Waals surface area contributed by atoms with Gasteiger partial charge in [0.1, 0.15) is 6.54 Å². The lowest BCUT2D eigenvalue weighted by atomic mass is 10.0. The Bertz CT molecular complexity index is 873. The summed E-state index contributed by atoms with van der Waals surface area (Å²) in [4.78, 5) is 29.0. The lowest BCUT2D eigenvalue weighted by Crippen LogP contribution is -2.39. The van der Waals surface area contributed by atoms with Crippen LogP contribution in [0.25, 0.3) is 5.70 Å². The van der Waals surface area contributed by atoms with Crippen molar-refractivity contribution in [1.29, 1.82) is 0 Å². The quantitative estimate of drug-likeness (QED) is 0.758. The van der Waals surface area contributed by atoms with Crippen LogP contribution in [0.2, 0.25) is 0 Å². The van der Waals surface area contributed by atoms with Crippen molar-refractivity contribution >= 4 is 33.4 Å². The van der Waals surface area contributed by atoms with E-state index in [4.69, 9.17) is 0 Å². The standard InChI is InChI=1S/C21H19BrN2O2/c1-14-17-8-2-3-9-18(17)21(26)24(14)13-20(25)23-11-5-10-19(23)15-6-4-7-16(22)12-15/h2-4,6-9,12,19H,1,5,10-11,13H2/t19-/m0/s1. The molecule has 132 valence electrons. The van der Waals surface area contributed by atoms with Crippen LogP contribution >= 0.6 is 15.9 Å². The van der Waals surface area contributed by atoms with Crippen LogP contribution in [0.3, 0.4) is 0 Å². The first kappa shape index (κ1) is 17.0. The smallest absolute Gasteiger partial charge is 0.259 e. The first-order chi connectivity index (χ1) is 12.6. The Hall–Kier alpha value is -2.40. The van der Waals surface area contributed by atoms with Crippen molar-refractivity contribution in [3.8, 4) is 0 Å². The highest BCUT2D eigenvalue weighted by Gasteiger charge is 2.36. The van der Waals surface area contributed by atoms with Gasteiger partial charge in [-0.25, -0.2) is 0 Å². The molecule has 2 aliphatic rings. The van der Waals surface area contributed by atoms with Crippen molar-refractivity contribution in [2.45, 2.75) is 18.9 Å². The van der Waals surface area contributed by atoms with Crippen LogP contribution in [0.15, 0.2) is 59.6 Å². The van der Waals surface area contributed by atoms with E-state index in [1.165, 1.54) is 4.90 Å². The number of fused-ring (bicyclic) bond motifs is 1. The van der Waals surface area contributed by atoms with Crippen molar-refractivity contribution in [2.75, 3.05) is 13.1 Å². The molecule has 1 atom stereocenters. The van der Waals surface area contributed by atoms with Crippen LogP contribution in [0.4, 0.5) is 0 Å². The van der Waals surface area contributed by atoms with E-state index in [1.807, 2.05) is 35.2 Å². The Kier molecular flexibility index (Phi) is 4.41. The molecule has 0 unspecified atom stereocenters. The molecule has 0 bridgehead atoms. The van der Waals surface area contributed by atoms with E-state index >= 15 is 0 Å². The number of carbonyl (C=O) groups is 2. The number of benzene rings is 2. The second-order valence-corrected chi connectivity index (χ2v) is 7.60. The van der Waals surface area contributed by atoms with Crippen molar-refractivity contribution in [3.63, 3.8) is 0 Å². The Balaban J connectivity index is 1.53. The lowest BCUT2D eigenvalue weighted by molar-refractivity contribution is -0.132. The highest BCUT2D eigenvalue weighted by Crippen LogP contribution is 2.35. The van der Waals surface area contributed by atoms with Gasteiger partial charge in [0.25, 0.3) is 5.91 Å². The van der Waals surface area contributed by atoms with Gasteiger partial charge in [-0.3, -0.25) is 14.5 Å². The number of carbonyl (C=O) groups excluding carboxylic acids is 2. The molecule has 0 saturated carbocycles. The number of hydrogen-bond donors (Lipinski definition) is 0. The molecule has 4 rings (SSSR count). The van der Waals surface area contributed by atoms with E-state index < -0.39 is 0 Å². The van der Waals surface area contributed by atoms with Gasteiger partial charge >= 0.3 is 0 Å². The van der Waals surface area contributed by atoms with Crippen molar-refractivity contribution in [3.05, 3.63) is 76.3 Å². The molecular weight excluding hydrogens is 392 g/mol. The van der Waals surface area contributed by atoms with Gasteiger partial charge in [0.05, 0.1) is 6.04 Å². The maximum absolute atomic E-state index is 13.0. The van der Waals surface area contributed by atoms with Crippen molar-refractivity contribution < 1.29 is 9.59 Å². The maximum Gasteiger partial charge on any atom is 0.259 e. The number of halogens is 1. The summed E-state index contributed by atoms with van der Waals surface area (Å²) < 4.78 is 1.01. The fourth-order valence-corrected chi connectivity index (χ4v) is 4.27. The zero-order valence-corrected chi connectivity index (χ0v) is 15.9. The van der Waals surface area contributed by atoms with E-state index in [0.29, 0.717) is 11.3 Å². The number of nitrogens with zero attached hydrogens (tertiary/aromatic N) is 2. The summed E-state index contributed by atoms with van der Waals surface area (Å²) >= 11 is 3.50. The van der Waals surface area contributed by atoms with Gasteiger partial charge in [0.15, 0.2) is 0 Å². The zero-order chi connectivity index (χ0) is 18.3. The maximum atomic E-state index is 13.0. The van der Waals surface area contributed by atoms with Gasteiger partial charge in [0.2, 0.25) is 5.91 Å². The molecule has 0 aromatic heterocycles. The fourth-order valence-electron chi connectivity index (χ4n) is 3.85. The molecule has 0 spiro atoms. The van der Waals surface area contributed by atoms with Crippen LogP contribution in [-0.4, -0.2) is 34.7 Å². The molecule has 26 heavy (non-hydrogen) atoms. The summed E-state index contributed by atoms with van der Waals surface area (Å²) in [5.74, 6) is -0.174. The molecule has 5 heteroatoms. The molecule has 2 aliphatic heterocycles. The zero-order valence-electron chi connectivity index (χ0n) is 14.3. The molecule has 1 fully saturated rings. The normalized spacial score (nSPS) is 19.2. The Labute approximate surface area is 161 Å². The summed E-state index contributed by atoms with van der Waals surface area (Å²) in [7, 11) is 0. The SMILES string of the molecule is C=C1c2ccccc2C(=O)N1CC(=O)N1CCC[C@H]1c1cccc(Br)c1. The van der Waals surface area contributed by atoms with E-state index in [-0.39, 0.29) is 24.4 Å². The molecule has 0 radical (unpaired) electrons. The molecule has 2 aromatic carbocycles. The van der Waals surface area contributed by atoms with Crippen molar-refractivity contribution in [2.24, 2.45) is 0 Å². The van der Waals surface area contributed by atoms with Gasteiger partial charge in [-0.1, -0.05) is 52.8 Å². The molecular formula is C21H19BrN2O2. The predicted octanol–water partition coefficient (Wildman–Crippen LogP) is 4.24. The topological polar surface area (TPSA) is 40.6 Å². The lowest BCUT2D eigenvalue weighted by Gasteiger charge is -2.27. The minimum Gasteiger partial charge on any atom is -0.334 e. The second-order valence-electron chi connectivity index (χ2n) is 6.68. The molecule has 4 nitrogen and oxygen atoms in total. The molecule has 1 saturated heterocycles. The minimum absolute atomic E-state index is 0.0326. The molecule has 2 aromatic rings. The Morgan fingerprint density at radius 3 is 2.65 bits per heavy atom. The van der Waals surface area contributed by atoms with Gasteiger partial charge in [0, 0.05) is 27.8 Å². The van der Waals surface area contributed by atoms with Gasteiger partial charge in [-0.05, 0) is 36.6 Å². The van der Waals surface area contributed by atoms with E-state index in [1.54, 1.807) is 6.07 Å². The monoisotopic (exact) mass is 410 g/mol. The summed E-state index contributed by atoms with van der Waals surface area (Å²) in [6.45, 7) is 4.78. The molecule has 2 amide bonds. The van der Waals surface area contributed by atoms with Crippen LogP contribution in [0.5, 0.6) is 0 Å². The van der Waals surface area contributed by atoms with E-state index in [0.717, 1.165) is 35.0 Å². The average molecular weight is 411 g/mol. The number of likely N-dealkylation sites (tertiary alicyclic amines) is 1. The van der Waals surface area contributed by atoms with E-state index in [2.05, 4.69) is 34.6 Å². The summed E-state index contributed by atoms with van der Waals surface area (Å²) in [6.07, 6.45) is 1.91. The first-order valence-corrected chi connectivity index (χ1v) is 9.50. The third kappa shape index (κ3) is 2.86. The average Bonchev–Trinajstić information content (AvgIpc) is 3.22. The highest BCUT2D eigenvalue weighted by molar-refractivity contribution is 9.10. The molecule has 0 aliphatic carbocycles. The van der Waals surface area contributed by atoms with Crippen LogP contribution < -0.4 is 0 Å². The largest absolute Gasteiger partial charge is 0.334 e. The minimum atomic E-state index is -0.142. The first-order valence-electron chi connectivity index (χ1n) is 8.71. The Morgan fingerprint density at radius 1 is 1.15 bits per heavy atom. The summed E-state index contributed by atoms with van der Waals surface area (Å²) in [5, 5.41) is 0. The van der Waals surface area contributed by atoms with Crippen LogP contribution in [-0.2, 0) is 4.79 Å². The fraction of sp³-hybridized carbons (Fsp3) is 0.238. The number of amides is 2. The number of rotatable bonds is 3. The third-order valence-electron chi connectivity index (χ3n) is 5.14. The molecule has 2 heterocycles. The van der Waals surface area contributed by atoms with Crippen LogP contribution in [0.1, 0.15) is 40.4 Å². The van der Waals surface area contributed by atoms with Gasteiger partial charge in [-0.2, -0.15) is 0 Å². The Morgan fingerprint density at radius 2 is 1.92 bits per heavy atom. The van der Waals surface area contributed by atoms with Gasteiger partial charge < -0.3 is 4.90 Å². The summed E-state index contributed by atoms with van der Waals surface area (Å²) in [6, 6.07) is 15.5.